The average molecular weight is 667 g/mol. The second-order valence-corrected chi connectivity index (χ2v) is 11.8. The quantitative estimate of drug-likeness (QED) is 0.114. The first-order valence-electron chi connectivity index (χ1n) is 14.0. The van der Waals surface area contributed by atoms with Gasteiger partial charge in [0.05, 0.1) is 26.4 Å². The van der Waals surface area contributed by atoms with Gasteiger partial charge in [-0.3, -0.25) is 0 Å². The van der Waals surface area contributed by atoms with Crippen molar-refractivity contribution in [3.8, 4) is 0 Å². The Morgan fingerprint density at radius 3 is 1.20 bits per heavy atom. The third kappa shape index (κ3) is 5.24. The van der Waals surface area contributed by atoms with E-state index >= 15 is 0 Å². The van der Waals surface area contributed by atoms with Crippen LogP contribution in [0.3, 0.4) is 0 Å². The van der Waals surface area contributed by atoms with E-state index in [1.807, 2.05) is 0 Å². The molecule has 1 unspecified atom stereocenters. The Labute approximate surface area is 253 Å². The van der Waals surface area contributed by atoms with E-state index in [1.54, 1.807) is 0 Å². The smallest absolute Gasteiger partial charge is 0.236 e. The van der Waals surface area contributed by atoms with Crippen LogP contribution < -0.4 is 0 Å². The highest BCUT2D eigenvalue weighted by atomic mass is 16.7. The minimum atomic E-state index is -4.14. The Hall–Kier alpha value is -0.840. The minimum absolute atomic E-state index is 1.11. The topological polar surface area (TPSA) is 381 Å². The Morgan fingerprint density at radius 1 is 0.467 bits per heavy atom. The van der Waals surface area contributed by atoms with Gasteiger partial charge in [-0.2, -0.15) is 0 Å². The molecule has 21 nitrogen and oxygen atoms in total. The summed E-state index contributed by atoms with van der Waals surface area (Å²) in [6.07, 6.45) is -39.6. The van der Waals surface area contributed by atoms with Crippen molar-refractivity contribution in [2.75, 3.05) is 26.4 Å². The van der Waals surface area contributed by atoms with E-state index in [-0.39, 0.29) is 0 Å². The lowest BCUT2D eigenvalue weighted by molar-refractivity contribution is -0.437. The summed E-state index contributed by atoms with van der Waals surface area (Å²) in [5.74, 6) is -4.14. The summed E-state index contributed by atoms with van der Waals surface area (Å²) < 4.78 is 21.5. The summed E-state index contributed by atoms with van der Waals surface area (Å²) in [4.78, 5) is 0. The van der Waals surface area contributed by atoms with Crippen LogP contribution in [-0.4, -0.2) is 234 Å². The van der Waals surface area contributed by atoms with Crippen LogP contribution in [0.15, 0.2) is 0 Å². The van der Waals surface area contributed by atoms with Crippen LogP contribution in [0.2, 0.25) is 0 Å². The summed E-state index contributed by atoms with van der Waals surface area (Å²) >= 11 is 0. The molecule has 0 aliphatic carbocycles. The molecular weight excluding hydrogens is 624 g/mol. The molecule has 4 aliphatic heterocycles. The molecule has 4 fully saturated rings. The zero-order chi connectivity index (χ0) is 34.0. The zero-order valence-corrected chi connectivity index (χ0v) is 23.4. The third-order valence-electron chi connectivity index (χ3n) is 9.37. The fourth-order valence-corrected chi connectivity index (χ4v) is 6.72. The van der Waals surface area contributed by atoms with Crippen LogP contribution in [0, 0.1) is 0 Å². The van der Waals surface area contributed by atoms with Crippen LogP contribution in [0.25, 0.3) is 0 Å². The number of rotatable bonds is 8. The highest BCUT2D eigenvalue weighted by molar-refractivity contribution is 5.27. The second-order valence-electron chi connectivity index (χ2n) is 11.8. The monoisotopic (exact) mass is 666 g/mol. The van der Waals surface area contributed by atoms with Gasteiger partial charge in [-0.05, 0) is 0 Å². The van der Waals surface area contributed by atoms with Crippen LogP contribution >= 0.6 is 0 Å². The molecule has 0 aromatic heterocycles. The number of aliphatic hydroxyl groups excluding tert-OH is 14. The van der Waals surface area contributed by atoms with Crippen LogP contribution in [0.1, 0.15) is 0 Å². The molecular formula is C24H42O21. The molecule has 4 saturated heterocycles. The van der Waals surface area contributed by atoms with Gasteiger partial charge < -0.3 is 106 Å². The first-order valence-corrected chi connectivity index (χ1v) is 14.0. The van der Waals surface area contributed by atoms with Crippen molar-refractivity contribution in [1.29, 1.82) is 0 Å². The Morgan fingerprint density at radius 2 is 0.822 bits per heavy atom. The molecule has 45 heavy (non-hydrogen) atoms. The number of hydrogen-bond donors (Lipinski definition) is 17. The van der Waals surface area contributed by atoms with Gasteiger partial charge in [0.25, 0.3) is 0 Å². The van der Waals surface area contributed by atoms with E-state index in [9.17, 15) is 86.8 Å². The molecule has 4 aliphatic rings. The lowest BCUT2D eigenvalue weighted by atomic mass is 9.64. The largest absolute Gasteiger partial charge is 0.394 e. The molecule has 4 rings (SSSR count). The summed E-state index contributed by atoms with van der Waals surface area (Å²) in [7, 11) is 0. The molecule has 17 N–H and O–H groups in total. The van der Waals surface area contributed by atoms with Gasteiger partial charge >= 0.3 is 0 Å². The van der Waals surface area contributed by atoms with Gasteiger partial charge in [0.2, 0.25) is 5.79 Å². The fraction of sp³-hybridized carbons (Fsp3) is 1.00. The normalized spacial score (nSPS) is 55.8. The summed E-state index contributed by atoms with van der Waals surface area (Å²) in [6.45, 7) is -4.71. The van der Waals surface area contributed by atoms with Crippen LogP contribution in [0.4, 0.5) is 0 Å². The SMILES string of the molecule is OC[C@H]1O[C@H](C(O)([C@H]2O[C@H](CO)[C@@H](O)[C@H](O)[C@H]2O)[C@@]2(O)O[C@H](CO)[C@@H](O)[C@@]2(O)[C@H]2O[C@H](CO)[C@H](O)[C@H](O)[C@H]2O)[C@H](O)[C@@H](O)[C@H]1O. The highest BCUT2D eigenvalue weighted by Crippen LogP contribution is 2.55. The molecule has 20 atom stereocenters. The molecule has 264 valence electrons. The average Bonchev–Trinajstić information content (AvgIpc) is 3.23. The molecule has 0 radical (unpaired) electrons. The van der Waals surface area contributed by atoms with Crippen molar-refractivity contribution in [3.05, 3.63) is 0 Å². The van der Waals surface area contributed by atoms with Gasteiger partial charge in [0, 0.05) is 0 Å². The number of ether oxygens (including phenoxy) is 4. The first kappa shape index (κ1) is 37.0. The van der Waals surface area contributed by atoms with Crippen molar-refractivity contribution in [2.24, 2.45) is 0 Å². The Bertz CT molecular complexity index is 966. The van der Waals surface area contributed by atoms with E-state index < -0.39 is 147 Å². The molecule has 0 aromatic rings. The lowest BCUT2D eigenvalue weighted by Crippen LogP contribution is -2.86. The van der Waals surface area contributed by atoms with E-state index in [0.717, 1.165) is 0 Å². The van der Waals surface area contributed by atoms with Crippen LogP contribution in [-0.2, 0) is 18.9 Å². The maximum atomic E-state index is 12.6. The Kier molecular flexibility index (Phi) is 10.9. The van der Waals surface area contributed by atoms with Crippen LogP contribution in [0.5, 0.6) is 0 Å². The molecule has 21 heteroatoms. The van der Waals surface area contributed by atoms with E-state index in [2.05, 4.69) is 0 Å². The van der Waals surface area contributed by atoms with Gasteiger partial charge in [-0.15, -0.1) is 0 Å². The maximum Gasteiger partial charge on any atom is 0.236 e. The summed E-state index contributed by atoms with van der Waals surface area (Å²) in [6, 6.07) is 0. The predicted octanol–water partition coefficient (Wildman–Crippen LogP) is -11.6. The van der Waals surface area contributed by atoms with E-state index in [4.69, 9.17) is 18.9 Å². The standard InChI is InChI=1S/C24H42O21/c25-1-5-9(29)12(32)15(35)19(42-5)22(39)18(38)8(4-28)45-24(22,41)23(40,20-16(36)13(33)10(30)6(2-26)43-20)21-17(37)14(34)11(31)7(3-27)44-21/h5-21,25-41H,1-4H2/t5-,6-,7-,8-,9+,10-,11+,12+,13+,14+,15-,16-,17-,18-,19+,20+,21+,22-,23?,24+/m1/s1. The second kappa shape index (κ2) is 13.2. The van der Waals surface area contributed by atoms with E-state index in [0.29, 0.717) is 0 Å². The zero-order valence-electron chi connectivity index (χ0n) is 23.4. The minimum Gasteiger partial charge on any atom is -0.394 e. The van der Waals surface area contributed by atoms with Crippen molar-refractivity contribution in [3.63, 3.8) is 0 Å². The van der Waals surface area contributed by atoms with Gasteiger partial charge in [-0.25, -0.2) is 0 Å². The van der Waals surface area contributed by atoms with Gasteiger partial charge in [0.1, 0.15) is 104 Å². The van der Waals surface area contributed by atoms with Crippen molar-refractivity contribution in [1.82, 2.24) is 0 Å². The fourth-order valence-electron chi connectivity index (χ4n) is 6.72. The van der Waals surface area contributed by atoms with Crippen molar-refractivity contribution < 1.29 is 106 Å². The predicted molar refractivity (Wildman–Crippen MR) is 134 cm³/mol. The summed E-state index contributed by atoms with van der Waals surface area (Å²) in [5, 5.41) is 183. The van der Waals surface area contributed by atoms with Crippen molar-refractivity contribution in [2.45, 2.75) is 121 Å². The summed E-state index contributed by atoms with van der Waals surface area (Å²) in [5.41, 5.74) is -7.76. The first-order chi connectivity index (χ1) is 20.9. The number of aliphatic hydroxyl groups is 17. The van der Waals surface area contributed by atoms with Gasteiger partial charge in [-0.1, -0.05) is 0 Å². The van der Waals surface area contributed by atoms with E-state index in [1.165, 1.54) is 0 Å². The highest BCUT2D eigenvalue weighted by Gasteiger charge is 2.83. The molecule has 4 heterocycles. The van der Waals surface area contributed by atoms with Gasteiger partial charge in [0.15, 0.2) is 11.2 Å². The molecule has 0 bridgehead atoms. The molecule has 0 aromatic carbocycles. The third-order valence-corrected chi connectivity index (χ3v) is 9.37. The van der Waals surface area contributed by atoms with Crippen molar-refractivity contribution >= 4 is 0 Å². The maximum absolute atomic E-state index is 12.6. The molecule has 0 amide bonds. The molecule has 0 saturated carbocycles. The number of hydrogen-bond acceptors (Lipinski definition) is 21. The lowest BCUT2D eigenvalue weighted by Gasteiger charge is -2.60. The Balaban J connectivity index is 2.00. The molecule has 0 spiro atoms.